The van der Waals surface area contributed by atoms with Crippen molar-refractivity contribution in [3.05, 3.63) is 0 Å². The second-order valence-electron chi connectivity index (χ2n) is 5.19. The molecule has 0 aromatic heterocycles. The number of hydrogen-bond acceptors (Lipinski definition) is 2. The van der Waals surface area contributed by atoms with Crippen LogP contribution in [0.1, 0.15) is 46.5 Å². The van der Waals surface area contributed by atoms with E-state index in [-0.39, 0.29) is 17.4 Å². The van der Waals surface area contributed by atoms with Crippen LogP contribution >= 0.6 is 0 Å². The zero-order valence-corrected chi connectivity index (χ0v) is 10.7. The Morgan fingerprint density at radius 3 is 2.56 bits per heavy atom. The third-order valence-electron chi connectivity index (χ3n) is 2.59. The number of carbonyl (C=O) groups is 1. The number of carbonyl (C=O) groups excluding carboxylic acids is 1. The first kappa shape index (κ1) is 15.0. The van der Waals surface area contributed by atoms with Crippen LogP contribution in [0.15, 0.2) is 0 Å². The maximum atomic E-state index is 11.5. The lowest BCUT2D eigenvalue weighted by Crippen LogP contribution is -2.40. The van der Waals surface area contributed by atoms with Crippen LogP contribution in [-0.4, -0.2) is 18.5 Å². The number of hydrogen-bond donors (Lipinski definition) is 2. The summed E-state index contributed by atoms with van der Waals surface area (Å²) in [6, 6.07) is -0.0989. The topological polar surface area (TPSA) is 55.1 Å². The Morgan fingerprint density at radius 1 is 1.44 bits per heavy atom. The van der Waals surface area contributed by atoms with Gasteiger partial charge in [-0.2, -0.15) is 0 Å². The van der Waals surface area contributed by atoms with E-state index in [1.165, 1.54) is 0 Å². The minimum absolute atomic E-state index is 0.0270. The summed E-state index contributed by atoms with van der Waals surface area (Å²) in [5, 5.41) is 2.86. The Kier molecular flexibility index (Phi) is 6.83. The standard InChI is InChI=1S/C13H24N2O/c1-5-6-7-8-9-15-12(16)10-11(14)13(2,3)4/h1,11H,6-10,14H2,2-4H3,(H,15,16). The molecule has 0 heterocycles. The minimum atomic E-state index is -0.0989. The van der Waals surface area contributed by atoms with E-state index in [1.54, 1.807) is 0 Å². The molecule has 3 N–H and O–H groups in total. The Balaban J connectivity index is 3.64. The average molecular weight is 224 g/mol. The average Bonchev–Trinajstić information content (AvgIpc) is 2.16. The van der Waals surface area contributed by atoms with E-state index in [0.29, 0.717) is 13.0 Å². The largest absolute Gasteiger partial charge is 0.356 e. The number of nitrogens with two attached hydrogens (primary N) is 1. The molecule has 0 saturated carbocycles. The van der Waals surface area contributed by atoms with E-state index in [1.807, 2.05) is 20.8 Å². The predicted molar refractivity (Wildman–Crippen MR) is 67.7 cm³/mol. The molecule has 1 unspecified atom stereocenters. The fourth-order valence-corrected chi connectivity index (χ4v) is 1.16. The second-order valence-corrected chi connectivity index (χ2v) is 5.19. The first-order chi connectivity index (χ1) is 7.38. The molecule has 0 fully saturated rings. The van der Waals surface area contributed by atoms with Gasteiger partial charge in [0, 0.05) is 25.4 Å². The molecule has 0 bridgehead atoms. The molecule has 0 saturated heterocycles. The molecule has 3 nitrogen and oxygen atoms in total. The Hall–Kier alpha value is -1.01. The summed E-state index contributed by atoms with van der Waals surface area (Å²) in [4.78, 5) is 11.5. The van der Waals surface area contributed by atoms with Gasteiger partial charge in [0.25, 0.3) is 0 Å². The van der Waals surface area contributed by atoms with Crippen LogP contribution in [0.25, 0.3) is 0 Å². The SMILES string of the molecule is C#CCCCCNC(=O)CC(N)C(C)(C)C. The van der Waals surface area contributed by atoms with Crippen molar-refractivity contribution < 1.29 is 4.79 Å². The monoisotopic (exact) mass is 224 g/mol. The van der Waals surface area contributed by atoms with Crippen LogP contribution in [0, 0.1) is 17.8 Å². The molecule has 1 atom stereocenters. The summed E-state index contributed by atoms with van der Waals surface area (Å²) in [7, 11) is 0. The smallest absolute Gasteiger partial charge is 0.221 e. The summed E-state index contributed by atoms with van der Waals surface area (Å²) >= 11 is 0. The number of amides is 1. The summed E-state index contributed by atoms with van der Waals surface area (Å²) in [5.74, 6) is 2.61. The third kappa shape index (κ3) is 7.30. The molecular weight excluding hydrogens is 200 g/mol. The van der Waals surface area contributed by atoms with Crippen molar-refractivity contribution in [1.82, 2.24) is 5.32 Å². The van der Waals surface area contributed by atoms with Crippen molar-refractivity contribution in [1.29, 1.82) is 0 Å². The fraction of sp³-hybridized carbons (Fsp3) is 0.769. The number of unbranched alkanes of at least 4 members (excludes halogenated alkanes) is 2. The lowest BCUT2D eigenvalue weighted by molar-refractivity contribution is -0.121. The predicted octanol–water partition coefficient (Wildman–Crippen LogP) is 1.67. The molecule has 0 aliphatic carbocycles. The highest BCUT2D eigenvalue weighted by molar-refractivity contribution is 5.76. The minimum Gasteiger partial charge on any atom is -0.356 e. The normalized spacial score (nSPS) is 12.9. The van der Waals surface area contributed by atoms with Crippen molar-refractivity contribution in [2.45, 2.75) is 52.5 Å². The van der Waals surface area contributed by atoms with Crippen molar-refractivity contribution in [2.24, 2.45) is 11.1 Å². The van der Waals surface area contributed by atoms with Crippen LogP contribution in [0.4, 0.5) is 0 Å². The number of terminal acetylenes is 1. The molecule has 0 aromatic rings. The van der Waals surface area contributed by atoms with Gasteiger partial charge < -0.3 is 11.1 Å². The summed E-state index contributed by atoms with van der Waals surface area (Å²) in [6.45, 7) is 6.81. The molecule has 0 aromatic carbocycles. The molecule has 16 heavy (non-hydrogen) atoms. The number of rotatable bonds is 6. The van der Waals surface area contributed by atoms with Gasteiger partial charge in [0.1, 0.15) is 0 Å². The van der Waals surface area contributed by atoms with Gasteiger partial charge in [0.05, 0.1) is 0 Å². The first-order valence-electron chi connectivity index (χ1n) is 5.83. The van der Waals surface area contributed by atoms with Gasteiger partial charge in [-0.3, -0.25) is 4.79 Å². The van der Waals surface area contributed by atoms with E-state index < -0.39 is 0 Å². The van der Waals surface area contributed by atoms with Crippen LogP contribution in [-0.2, 0) is 4.79 Å². The van der Waals surface area contributed by atoms with Crippen LogP contribution in [0.3, 0.4) is 0 Å². The second kappa shape index (κ2) is 7.29. The lowest BCUT2D eigenvalue weighted by Gasteiger charge is -2.26. The van der Waals surface area contributed by atoms with Gasteiger partial charge in [-0.1, -0.05) is 20.8 Å². The highest BCUT2D eigenvalue weighted by atomic mass is 16.1. The Bertz CT molecular complexity index is 248. The Morgan fingerprint density at radius 2 is 2.06 bits per heavy atom. The van der Waals surface area contributed by atoms with Gasteiger partial charge in [-0.15, -0.1) is 12.3 Å². The fourth-order valence-electron chi connectivity index (χ4n) is 1.16. The molecule has 0 radical (unpaired) electrons. The lowest BCUT2D eigenvalue weighted by atomic mass is 9.85. The Labute approximate surface area is 99.2 Å². The maximum Gasteiger partial charge on any atom is 0.221 e. The van der Waals surface area contributed by atoms with Crippen LogP contribution < -0.4 is 11.1 Å². The van der Waals surface area contributed by atoms with Gasteiger partial charge in [-0.25, -0.2) is 0 Å². The van der Waals surface area contributed by atoms with E-state index in [2.05, 4.69) is 11.2 Å². The van der Waals surface area contributed by atoms with E-state index >= 15 is 0 Å². The van der Waals surface area contributed by atoms with E-state index in [0.717, 1.165) is 19.3 Å². The van der Waals surface area contributed by atoms with Crippen LogP contribution in [0.2, 0.25) is 0 Å². The molecule has 0 aliphatic rings. The third-order valence-corrected chi connectivity index (χ3v) is 2.59. The van der Waals surface area contributed by atoms with Crippen molar-refractivity contribution in [3.8, 4) is 12.3 Å². The van der Waals surface area contributed by atoms with Crippen molar-refractivity contribution in [2.75, 3.05) is 6.54 Å². The molecule has 0 spiro atoms. The highest BCUT2D eigenvalue weighted by Crippen LogP contribution is 2.19. The van der Waals surface area contributed by atoms with Crippen molar-refractivity contribution in [3.63, 3.8) is 0 Å². The van der Waals surface area contributed by atoms with E-state index in [4.69, 9.17) is 12.2 Å². The highest BCUT2D eigenvalue weighted by Gasteiger charge is 2.22. The zero-order valence-electron chi connectivity index (χ0n) is 10.7. The molecule has 92 valence electrons. The van der Waals surface area contributed by atoms with E-state index in [9.17, 15) is 4.79 Å². The van der Waals surface area contributed by atoms with Gasteiger partial charge in [0.15, 0.2) is 0 Å². The maximum absolute atomic E-state index is 11.5. The molecule has 1 amide bonds. The van der Waals surface area contributed by atoms with Gasteiger partial charge in [-0.05, 0) is 18.3 Å². The van der Waals surface area contributed by atoms with Gasteiger partial charge >= 0.3 is 0 Å². The number of nitrogens with one attached hydrogen (secondary N) is 1. The van der Waals surface area contributed by atoms with Gasteiger partial charge in [0.2, 0.25) is 5.91 Å². The summed E-state index contributed by atoms with van der Waals surface area (Å²) < 4.78 is 0. The molecule has 0 aliphatic heterocycles. The molecular formula is C13H24N2O. The zero-order chi connectivity index (χ0) is 12.6. The quantitative estimate of drug-likeness (QED) is 0.532. The molecule has 3 heteroatoms. The van der Waals surface area contributed by atoms with Crippen molar-refractivity contribution >= 4 is 5.91 Å². The molecule has 0 rings (SSSR count). The summed E-state index contributed by atoms with van der Waals surface area (Å²) in [6.07, 6.45) is 8.18. The van der Waals surface area contributed by atoms with Crippen LogP contribution in [0.5, 0.6) is 0 Å². The first-order valence-corrected chi connectivity index (χ1v) is 5.83. The summed E-state index contributed by atoms with van der Waals surface area (Å²) in [5.41, 5.74) is 5.89.